The smallest absolute Gasteiger partial charge is 0.859 e. The van der Waals surface area contributed by atoms with Gasteiger partial charge in [0, 0.05) is 0 Å². The van der Waals surface area contributed by atoms with Gasteiger partial charge in [0.05, 0.1) is 5.97 Å². The molecular formula is C9H11NNa2O5S. The predicted molar refractivity (Wildman–Crippen MR) is 56.0 cm³/mol. The van der Waals surface area contributed by atoms with Gasteiger partial charge < -0.3 is 20.1 Å². The molecule has 18 heavy (non-hydrogen) atoms. The van der Waals surface area contributed by atoms with Crippen LogP contribution in [0.1, 0.15) is 6.42 Å². The monoisotopic (exact) mass is 291 g/mol. The average Bonchev–Trinajstić information content (AvgIpc) is 2.20. The van der Waals surface area contributed by atoms with Gasteiger partial charge in [0.2, 0.25) is 0 Å². The van der Waals surface area contributed by atoms with E-state index in [4.69, 9.17) is 5.11 Å². The van der Waals surface area contributed by atoms with Gasteiger partial charge in [-0.15, -0.1) is 0 Å². The van der Waals surface area contributed by atoms with E-state index in [1.807, 2.05) is 0 Å². The van der Waals surface area contributed by atoms with Crippen molar-refractivity contribution in [2.24, 2.45) is 4.99 Å². The van der Waals surface area contributed by atoms with Gasteiger partial charge in [0.25, 0.3) is 0 Å². The molecule has 0 aliphatic carbocycles. The van der Waals surface area contributed by atoms with Crippen LogP contribution in [-0.2, 0) is 9.59 Å². The second kappa shape index (κ2) is 13.9. The van der Waals surface area contributed by atoms with Crippen molar-refractivity contribution in [3.63, 3.8) is 0 Å². The number of aliphatic imine (C=N–C) groups is 1. The Morgan fingerprint density at radius 3 is 2.28 bits per heavy atom. The number of hydrogen-bond acceptors (Lipinski definition) is 6. The van der Waals surface area contributed by atoms with Crippen LogP contribution in [0, 0.1) is 0 Å². The van der Waals surface area contributed by atoms with Crippen molar-refractivity contribution in [1.29, 1.82) is 0 Å². The summed E-state index contributed by atoms with van der Waals surface area (Å²) >= 11 is 1.44. The first-order valence-corrected chi connectivity index (χ1v) is 5.72. The quantitative estimate of drug-likeness (QED) is 0.216. The molecule has 6 nitrogen and oxygen atoms in total. The molecule has 0 bridgehead atoms. The number of nitrogens with zero attached hydrogens (tertiary/aromatic N) is 1. The van der Waals surface area contributed by atoms with E-state index in [1.165, 1.54) is 11.8 Å². The zero-order valence-corrected chi connectivity index (χ0v) is 15.4. The zero-order valence-electron chi connectivity index (χ0n) is 10.6. The molecule has 0 aromatic heterocycles. The van der Waals surface area contributed by atoms with Crippen molar-refractivity contribution in [2.45, 2.75) is 12.5 Å². The molecule has 0 aliphatic rings. The number of carboxylic acids is 2. The summed E-state index contributed by atoms with van der Waals surface area (Å²) in [4.78, 5) is 24.0. The molecule has 1 N–H and O–H groups in total. The molecule has 0 aromatic rings. The summed E-state index contributed by atoms with van der Waals surface area (Å²) in [5, 5.41) is 29.7. The minimum absolute atomic E-state index is 0. The summed E-state index contributed by atoms with van der Waals surface area (Å²) in [6.45, 7) is 0. The summed E-state index contributed by atoms with van der Waals surface area (Å²) in [5.74, 6) is -3.07. The third-order valence-corrected chi connectivity index (χ3v) is 2.17. The maximum absolute atomic E-state index is 11.0. The first-order valence-electron chi connectivity index (χ1n) is 4.33. The fraction of sp³-hybridized carbons (Fsp3) is 0.444. The third-order valence-electron chi connectivity index (χ3n) is 1.53. The fourth-order valence-electron chi connectivity index (χ4n) is 0.809. The Bertz CT molecular complexity index is 322. The molecule has 1 atom stereocenters. The van der Waals surface area contributed by atoms with Gasteiger partial charge >= 0.3 is 65.1 Å². The van der Waals surface area contributed by atoms with Crippen LogP contribution in [0.2, 0.25) is 0 Å². The number of carbonyl (C=O) groups is 2. The molecular weight excluding hydrogens is 280 g/mol. The molecule has 0 aliphatic heterocycles. The van der Waals surface area contributed by atoms with Crippen LogP contribution < -0.4 is 69.3 Å². The van der Waals surface area contributed by atoms with E-state index in [0.29, 0.717) is 17.9 Å². The van der Waals surface area contributed by atoms with Crippen molar-refractivity contribution >= 4 is 29.6 Å². The SMILES string of the molecule is CSCCC(N=C([O-])C=CC(=O)[O-])C(=O)O.[Na+].[Na+]. The van der Waals surface area contributed by atoms with Crippen LogP contribution in [-0.4, -0.2) is 41.0 Å². The van der Waals surface area contributed by atoms with Crippen molar-refractivity contribution in [3.8, 4) is 0 Å². The number of thioether (sulfide) groups is 1. The van der Waals surface area contributed by atoms with Crippen molar-refractivity contribution in [3.05, 3.63) is 12.2 Å². The topological polar surface area (TPSA) is 113 Å². The van der Waals surface area contributed by atoms with Crippen LogP contribution in [0.4, 0.5) is 0 Å². The molecule has 0 aromatic carbocycles. The Kier molecular flexibility index (Phi) is 18.2. The predicted octanol–water partition coefficient (Wildman–Crippen LogP) is -7.73. The molecule has 0 rings (SSSR count). The molecule has 90 valence electrons. The molecule has 0 radical (unpaired) electrons. The number of hydrogen-bond donors (Lipinski definition) is 1. The molecule has 9 heteroatoms. The van der Waals surface area contributed by atoms with E-state index < -0.39 is 23.9 Å². The van der Waals surface area contributed by atoms with Crippen molar-refractivity contribution < 1.29 is 84.0 Å². The average molecular weight is 291 g/mol. The standard InChI is InChI=1S/C9H13NO5S.2Na/c1-16-5-4-6(9(14)15)10-7(11)2-3-8(12)13;;/h2-3,6H,4-5H2,1H3,(H,10,11)(H,12,13)(H,14,15);;/q;2*+1/p-2. The van der Waals surface area contributed by atoms with E-state index in [-0.39, 0.29) is 65.5 Å². The normalized spacial score (nSPS) is 12.4. The van der Waals surface area contributed by atoms with E-state index in [1.54, 1.807) is 6.26 Å². The van der Waals surface area contributed by atoms with E-state index in [2.05, 4.69) is 4.99 Å². The minimum atomic E-state index is -1.53. The summed E-state index contributed by atoms with van der Waals surface area (Å²) < 4.78 is 0. The maximum Gasteiger partial charge on any atom is 1.00 e. The van der Waals surface area contributed by atoms with E-state index >= 15 is 0 Å². The maximum atomic E-state index is 11.0. The molecule has 1 unspecified atom stereocenters. The molecule has 0 fully saturated rings. The Labute approximate surface area is 154 Å². The Morgan fingerprint density at radius 1 is 1.33 bits per heavy atom. The van der Waals surface area contributed by atoms with Crippen LogP contribution in [0.5, 0.6) is 0 Å². The van der Waals surface area contributed by atoms with Gasteiger partial charge in [-0.25, -0.2) is 4.79 Å². The first-order chi connectivity index (χ1) is 7.47. The van der Waals surface area contributed by atoms with Crippen molar-refractivity contribution in [1.82, 2.24) is 0 Å². The largest absolute Gasteiger partial charge is 1.00 e. The minimum Gasteiger partial charge on any atom is -0.859 e. The number of carboxylic acid groups (broad SMARTS) is 2. The zero-order chi connectivity index (χ0) is 12.6. The van der Waals surface area contributed by atoms with Gasteiger partial charge in [-0.2, -0.15) is 11.8 Å². The number of carbonyl (C=O) groups excluding carboxylic acids is 1. The van der Waals surface area contributed by atoms with E-state index in [9.17, 15) is 19.8 Å². The summed E-state index contributed by atoms with van der Waals surface area (Å²) in [6, 6.07) is -1.13. The van der Waals surface area contributed by atoms with Gasteiger partial charge in [-0.05, 0) is 30.4 Å². The van der Waals surface area contributed by atoms with E-state index in [0.717, 1.165) is 0 Å². The fourth-order valence-corrected chi connectivity index (χ4v) is 1.27. The van der Waals surface area contributed by atoms with Crippen LogP contribution in [0.3, 0.4) is 0 Å². The van der Waals surface area contributed by atoms with Gasteiger partial charge in [-0.1, -0.05) is 6.08 Å². The van der Waals surface area contributed by atoms with Crippen molar-refractivity contribution in [2.75, 3.05) is 12.0 Å². The van der Waals surface area contributed by atoms with Gasteiger partial charge in [0.1, 0.15) is 6.04 Å². The molecule has 0 saturated heterocycles. The van der Waals surface area contributed by atoms with Crippen LogP contribution >= 0.6 is 11.8 Å². The summed E-state index contributed by atoms with van der Waals surface area (Å²) in [5.41, 5.74) is 0. The molecule has 0 saturated carbocycles. The molecule has 0 spiro atoms. The van der Waals surface area contributed by atoms with Gasteiger partial charge in [0.15, 0.2) is 0 Å². The third kappa shape index (κ3) is 12.9. The number of aliphatic carboxylic acids is 2. The second-order valence-corrected chi connectivity index (χ2v) is 3.74. The summed E-state index contributed by atoms with van der Waals surface area (Å²) in [6.07, 6.45) is 3.21. The Hall–Kier alpha value is 0.500. The van der Waals surface area contributed by atoms with Gasteiger partial charge in [-0.3, -0.25) is 4.99 Å². The molecule has 0 amide bonds. The number of rotatable bonds is 7. The summed E-state index contributed by atoms with van der Waals surface area (Å²) in [7, 11) is 0. The molecule has 0 heterocycles. The van der Waals surface area contributed by atoms with Crippen LogP contribution in [0.25, 0.3) is 0 Å². The first kappa shape index (κ1) is 23.6. The van der Waals surface area contributed by atoms with Crippen LogP contribution in [0.15, 0.2) is 17.1 Å². The Balaban J connectivity index is -0.00000112. The second-order valence-electron chi connectivity index (χ2n) is 2.76. The Morgan fingerprint density at radius 2 is 1.89 bits per heavy atom.